The highest BCUT2D eigenvalue weighted by atomic mass is 16.3. The molecule has 2 rings (SSSR count). The highest BCUT2D eigenvalue weighted by molar-refractivity contribution is 5.41. The molecule has 1 aliphatic heterocycles. The third-order valence-corrected chi connectivity index (χ3v) is 3.84. The van der Waals surface area contributed by atoms with E-state index in [4.69, 9.17) is 5.11 Å². The second kappa shape index (κ2) is 6.16. The summed E-state index contributed by atoms with van der Waals surface area (Å²) < 4.78 is 0. The first-order chi connectivity index (χ1) is 8.74. The quantitative estimate of drug-likeness (QED) is 0.877. The molecule has 18 heavy (non-hydrogen) atoms. The molecule has 0 saturated carbocycles. The van der Waals surface area contributed by atoms with Crippen molar-refractivity contribution in [3.8, 4) is 0 Å². The zero-order valence-electron chi connectivity index (χ0n) is 11.3. The van der Waals surface area contributed by atoms with E-state index in [1.54, 1.807) is 6.20 Å². The number of nitrogens with zero attached hydrogens (tertiary/aromatic N) is 3. The Labute approximate surface area is 109 Å². The molecule has 1 atom stereocenters. The average Bonchev–Trinajstić information content (AvgIpc) is 2.46. The van der Waals surface area contributed by atoms with Crippen LogP contribution in [-0.2, 0) is 6.61 Å². The summed E-state index contributed by atoms with van der Waals surface area (Å²) in [4.78, 5) is 9.24. The second-order valence-electron chi connectivity index (χ2n) is 4.96. The molecule has 0 amide bonds. The molecular weight excluding hydrogens is 226 g/mol. The Bertz CT molecular complexity index is 375. The van der Waals surface area contributed by atoms with Crippen molar-refractivity contribution in [1.29, 1.82) is 0 Å². The Morgan fingerprint density at radius 3 is 2.67 bits per heavy atom. The lowest BCUT2D eigenvalue weighted by Gasteiger charge is -2.38. The minimum absolute atomic E-state index is 0.0857. The van der Waals surface area contributed by atoms with Crippen LogP contribution in [0.1, 0.15) is 25.8 Å². The highest BCUT2D eigenvalue weighted by Gasteiger charge is 2.20. The number of rotatable bonds is 4. The fraction of sp³-hybridized carbons (Fsp3) is 0.643. The Balaban J connectivity index is 1.96. The van der Waals surface area contributed by atoms with E-state index in [1.807, 2.05) is 12.1 Å². The molecule has 1 aromatic heterocycles. The number of hydrogen-bond acceptors (Lipinski definition) is 4. The van der Waals surface area contributed by atoms with Gasteiger partial charge in [0.1, 0.15) is 5.82 Å². The second-order valence-corrected chi connectivity index (χ2v) is 4.96. The Morgan fingerprint density at radius 1 is 1.33 bits per heavy atom. The maximum Gasteiger partial charge on any atom is 0.128 e. The number of hydrogen-bond donors (Lipinski definition) is 1. The van der Waals surface area contributed by atoms with E-state index >= 15 is 0 Å². The summed E-state index contributed by atoms with van der Waals surface area (Å²) in [6.45, 7) is 8.85. The number of piperazine rings is 1. The zero-order valence-corrected chi connectivity index (χ0v) is 11.3. The van der Waals surface area contributed by atoms with Crippen LogP contribution in [0.25, 0.3) is 0 Å². The van der Waals surface area contributed by atoms with E-state index < -0.39 is 0 Å². The van der Waals surface area contributed by atoms with Gasteiger partial charge in [-0.1, -0.05) is 6.92 Å². The van der Waals surface area contributed by atoms with Gasteiger partial charge in [-0.05, 0) is 31.0 Å². The highest BCUT2D eigenvalue weighted by Crippen LogP contribution is 2.16. The summed E-state index contributed by atoms with van der Waals surface area (Å²) in [5.74, 6) is 0.991. The predicted octanol–water partition coefficient (Wildman–Crippen LogP) is 1.49. The number of aromatic nitrogens is 1. The molecule has 2 heterocycles. The van der Waals surface area contributed by atoms with Gasteiger partial charge in [-0.2, -0.15) is 0 Å². The minimum atomic E-state index is 0.0857. The number of aliphatic hydroxyl groups is 1. The Morgan fingerprint density at radius 2 is 2.06 bits per heavy atom. The fourth-order valence-electron chi connectivity index (χ4n) is 2.38. The van der Waals surface area contributed by atoms with Crippen molar-refractivity contribution >= 4 is 5.82 Å². The van der Waals surface area contributed by atoms with Crippen LogP contribution in [0.15, 0.2) is 18.3 Å². The first kappa shape index (κ1) is 13.3. The van der Waals surface area contributed by atoms with Crippen LogP contribution >= 0.6 is 0 Å². The molecule has 1 unspecified atom stereocenters. The SMILES string of the molecule is CCC(C)N1CCN(c2cc(CO)ccn2)CC1. The van der Waals surface area contributed by atoms with Crippen LogP contribution in [0.2, 0.25) is 0 Å². The molecule has 1 fully saturated rings. The van der Waals surface area contributed by atoms with Crippen molar-refractivity contribution in [2.75, 3.05) is 31.1 Å². The standard InChI is InChI=1S/C14H23N3O/c1-3-12(2)16-6-8-17(9-7-16)14-10-13(11-18)4-5-15-14/h4-5,10,12,18H,3,6-9,11H2,1-2H3. The monoisotopic (exact) mass is 249 g/mol. The summed E-state index contributed by atoms with van der Waals surface area (Å²) in [6, 6.07) is 4.52. The van der Waals surface area contributed by atoms with Gasteiger partial charge in [-0.15, -0.1) is 0 Å². The number of pyridine rings is 1. The minimum Gasteiger partial charge on any atom is -0.392 e. The van der Waals surface area contributed by atoms with Gasteiger partial charge in [0, 0.05) is 38.4 Å². The van der Waals surface area contributed by atoms with E-state index in [9.17, 15) is 0 Å². The van der Waals surface area contributed by atoms with Crippen molar-refractivity contribution in [3.63, 3.8) is 0 Å². The van der Waals surface area contributed by atoms with Crippen molar-refractivity contribution in [1.82, 2.24) is 9.88 Å². The summed E-state index contributed by atoms with van der Waals surface area (Å²) in [5, 5.41) is 9.15. The molecule has 0 aromatic carbocycles. The van der Waals surface area contributed by atoms with Gasteiger partial charge in [-0.25, -0.2) is 4.98 Å². The lowest BCUT2D eigenvalue weighted by atomic mass is 10.2. The lowest BCUT2D eigenvalue weighted by Crippen LogP contribution is -2.49. The topological polar surface area (TPSA) is 39.6 Å². The summed E-state index contributed by atoms with van der Waals surface area (Å²) in [7, 11) is 0. The van der Waals surface area contributed by atoms with Crippen molar-refractivity contribution < 1.29 is 5.11 Å². The van der Waals surface area contributed by atoms with Gasteiger partial charge in [0.2, 0.25) is 0 Å². The molecule has 1 aromatic rings. The van der Waals surface area contributed by atoms with Gasteiger partial charge >= 0.3 is 0 Å². The van der Waals surface area contributed by atoms with E-state index in [2.05, 4.69) is 28.6 Å². The molecule has 0 radical (unpaired) electrons. The predicted molar refractivity (Wildman–Crippen MR) is 73.7 cm³/mol. The van der Waals surface area contributed by atoms with E-state index in [1.165, 1.54) is 6.42 Å². The maximum absolute atomic E-state index is 9.15. The van der Waals surface area contributed by atoms with Gasteiger partial charge in [0.15, 0.2) is 0 Å². The molecule has 1 N–H and O–H groups in total. The number of aliphatic hydroxyl groups excluding tert-OH is 1. The van der Waals surface area contributed by atoms with Crippen LogP contribution in [0, 0.1) is 0 Å². The van der Waals surface area contributed by atoms with Crippen LogP contribution in [-0.4, -0.2) is 47.2 Å². The summed E-state index contributed by atoms with van der Waals surface area (Å²) >= 11 is 0. The van der Waals surface area contributed by atoms with Crippen LogP contribution in [0.5, 0.6) is 0 Å². The van der Waals surface area contributed by atoms with Crippen LogP contribution in [0.3, 0.4) is 0 Å². The third kappa shape index (κ3) is 3.00. The lowest BCUT2D eigenvalue weighted by molar-refractivity contribution is 0.192. The van der Waals surface area contributed by atoms with Gasteiger partial charge in [-0.3, -0.25) is 4.90 Å². The smallest absolute Gasteiger partial charge is 0.128 e. The molecule has 4 heteroatoms. The third-order valence-electron chi connectivity index (χ3n) is 3.84. The molecule has 0 spiro atoms. The maximum atomic E-state index is 9.15. The summed E-state index contributed by atoms with van der Waals surface area (Å²) in [6.07, 6.45) is 2.99. The van der Waals surface area contributed by atoms with Gasteiger partial charge < -0.3 is 10.0 Å². The van der Waals surface area contributed by atoms with Gasteiger partial charge in [0.05, 0.1) is 6.61 Å². The first-order valence-electron chi connectivity index (χ1n) is 6.79. The molecule has 100 valence electrons. The van der Waals surface area contributed by atoms with Crippen molar-refractivity contribution in [2.24, 2.45) is 0 Å². The molecular formula is C14H23N3O. The summed E-state index contributed by atoms with van der Waals surface area (Å²) in [5.41, 5.74) is 0.935. The zero-order chi connectivity index (χ0) is 13.0. The fourth-order valence-corrected chi connectivity index (χ4v) is 2.38. The normalized spacial score (nSPS) is 18.9. The molecule has 4 nitrogen and oxygen atoms in total. The average molecular weight is 249 g/mol. The molecule has 1 aliphatic rings. The Kier molecular flexibility index (Phi) is 4.55. The van der Waals surface area contributed by atoms with Crippen LogP contribution in [0.4, 0.5) is 5.82 Å². The van der Waals surface area contributed by atoms with E-state index in [0.717, 1.165) is 37.6 Å². The molecule has 0 aliphatic carbocycles. The number of anilines is 1. The Hall–Kier alpha value is -1.13. The molecule has 0 bridgehead atoms. The van der Waals surface area contributed by atoms with Crippen molar-refractivity contribution in [2.45, 2.75) is 32.9 Å². The van der Waals surface area contributed by atoms with E-state index in [0.29, 0.717) is 6.04 Å². The largest absolute Gasteiger partial charge is 0.392 e. The van der Waals surface area contributed by atoms with E-state index in [-0.39, 0.29) is 6.61 Å². The van der Waals surface area contributed by atoms with Crippen molar-refractivity contribution in [3.05, 3.63) is 23.9 Å². The first-order valence-corrected chi connectivity index (χ1v) is 6.79. The van der Waals surface area contributed by atoms with Gasteiger partial charge in [0.25, 0.3) is 0 Å². The van der Waals surface area contributed by atoms with Crippen LogP contribution < -0.4 is 4.90 Å². The molecule has 1 saturated heterocycles.